The maximum atomic E-state index is 12.1. The number of rotatable bonds is 5. The van der Waals surface area contributed by atoms with E-state index in [1.54, 1.807) is 12.1 Å². The fourth-order valence-corrected chi connectivity index (χ4v) is 4.89. The summed E-state index contributed by atoms with van der Waals surface area (Å²) in [7, 11) is 0. The van der Waals surface area contributed by atoms with Crippen molar-refractivity contribution in [2.75, 3.05) is 13.1 Å². The number of aliphatic imine (C=N–C) groups is 1. The average molecular weight is 475 g/mol. The lowest BCUT2D eigenvalue weighted by Crippen LogP contribution is -2.48. The summed E-state index contributed by atoms with van der Waals surface area (Å²) in [5.74, 6) is 0.400. The smallest absolute Gasteiger partial charge is 0.212 e. The van der Waals surface area contributed by atoms with Gasteiger partial charge in [-0.05, 0) is 54.2 Å². The van der Waals surface area contributed by atoms with Crippen LogP contribution in [0.15, 0.2) is 94.8 Å². The zero-order valence-corrected chi connectivity index (χ0v) is 19.4. The second-order valence-corrected chi connectivity index (χ2v) is 9.14. The molecular weight excluding hydrogens is 448 g/mol. The van der Waals surface area contributed by atoms with E-state index in [1.165, 1.54) is 12.1 Å². The van der Waals surface area contributed by atoms with Crippen LogP contribution in [0, 0.1) is 17.4 Å². The van der Waals surface area contributed by atoms with E-state index in [0.29, 0.717) is 37.6 Å². The zero-order valence-electron chi connectivity index (χ0n) is 18.5. The lowest BCUT2D eigenvalue weighted by Gasteiger charge is -2.42. The van der Waals surface area contributed by atoms with Gasteiger partial charge in [-0.25, -0.2) is 9.20 Å². The van der Waals surface area contributed by atoms with E-state index in [-0.39, 0.29) is 10.8 Å². The molecule has 0 saturated carbocycles. The molecule has 34 heavy (non-hydrogen) atoms. The number of nitriles is 1. The highest BCUT2D eigenvalue weighted by atomic mass is 32.2. The van der Waals surface area contributed by atoms with E-state index in [9.17, 15) is 19.1 Å². The van der Waals surface area contributed by atoms with Gasteiger partial charge in [-0.1, -0.05) is 60.7 Å². The van der Waals surface area contributed by atoms with Gasteiger partial charge in [0, 0.05) is 13.1 Å². The summed E-state index contributed by atoms with van der Waals surface area (Å²) in [6.07, 6.45) is 3.35. The van der Waals surface area contributed by atoms with Crippen LogP contribution < -0.4 is 5.32 Å². The minimum absolute atomic E-state index is 0.0179. The lowest BCUT2D eigenvalue weighted by molar-refractivity contribution is -0.00676. The van der Waals surface area contributed by atoms with Gasteiger partial charge in [0.2, 0.25) is 5.96 Å². The summed E-state index contributed by atoms with van der Waals surface area (Å²) in [6.45, 7) is 1.22. The van der Waals surface area contributed by atoms with Gasteiger partial charge in [0.15, 0.2) is 17.3 Å². The lowest BCUT2D eigenvalue weighted by atomic mass is 9.72. The Labute approximate surface area is 201 Å². The molecule has 1 atom stereocenters. The van der Waals surface area contributed by atoms with E-state index in [2.05, 4.69) is 10.3 Å². The van der Waals surface area contributed by atoms with Crippen molar-refractivity contribution in [1.82, 2.24) is 10.2 Å². The predicted molar refractivity (Wildman–Crippen MR) is 132 cm³/mol. The Morgan fingerprint density at radius 2 is 1.50 bits per heavy atom. The van der Waals surface area contributed by atoms with E-state index < -0.39 is 16.7 Å². The molecular formula is C26H26N4O3S. The number of nitrogens with zero attached hydrogens (tertiary/aromatic N) is 3. The van der Waals surface area contributed by atoms with Crippen molar-refractivity contribution in [3.63, 3.8) is 0 Å². The molecule has 1 aliphatic rings. The molecule has 1 saturated heterocycles. The molecule has 0 amide bonds. The molecule has 1 heterocycles. The molecule has 1 aliphatic heterocycles. The van der Waals surface area contributed by atoms with Gasteiger partial charge < -0.3 is 14.6 Å². The van der Waals surface area contributed by atoms with Crippen LogP contribution in [0.2, 0.25) is 0 Å². The highest BCUT2D eigenvalue weighted by Crippen LogP contribution is 2.41. The second-order valence-electron chi connectivity index (χ2n) is 8.18. The van der Waals surface area contributed by atoms with Gasteiger partial charge in [0.25, 0.3) is 0 Å². The highest BCUT2D eigenvalue weighted by molar-refractivity contribution is 7.79. The monoisotopic (exact) mass is 474 g/mol. The number of guanidine groups is 1. The minimum atomic E-state index is -2.05. The fraction of sp³-hybridized carbons (Fsp3) is 0.231. The van der Waals surface area contributed by atoms with Crippen molar-refractivity contribution in [2.45, 2.75) is 23.3 Å². The Hall–Kier alpha value is -3.51. The van der Waals surface area contributed by atoms with E-state index >= 15 is 0 Å². The molecule has 3 N–H and O–H groups in total. The summed E-state index contributed by atoms with van der Waals surface area (Å²) < 4.78 is 20.4. The third-order valence-electron chi connectivity index (χ3n) is 6.25. The normalized spacial score (nSPS) is 16.0. The molecule has 174 valence electrons. The average Bonchev–Trinajstić information content (AvgIpc) is 2.89. The van der Waals surface area contributed by atoms with Crippen molar-refractivity contribution in [1.29, 1.82) is 5.26 Å². The van der Waals surface area contributed by atoms with Crippen molar-refractivity contribution < 1.29 is 13.9 Å². The molecule has 7 nitrogen and oxygen atoms in total. The van der Waals surface area contributed by atoms with Gasteiger partial charge >= 0.3 is 0 Å². The van der Waals surface area contributed by atoms with Crippen LogP contribution >= 0.6 is 0 Å². The second kappa shape index (κ2) is 10.6. The largest absolute Gasteiger partial charge is 0.380 e. The summed E-state index contributed by atoms with van der Waals surface area (Å²) in [4.78, 5) is 6.82. The maximum Gasteiger partial charge on any atom is 0.212 e. The molecule has 0 aliphatic carbocycles. The predicted octanol–water partition coefficient (Wildman–Crippen LogP) is 3.97. The number of aliphatic hydroxyl groups is 1. The van der Waals surface area contributed by atoms with Crippen molar-refractivity contribution in [3.8, 4) is 6.19 Å². The summed E-state index contributed by atoms with van der Waals surface area (Å²) >= 11 is -2.05. The summed E-state index contributed by atoms with van der Waals surface area (Å²) in [6, 6.07) is 25.9. The quantitative estimate of drug-likeness (QED) is 0.170. The van der Waals surface area contributed by atoms with Crippen molar-refractivity contribution in [3.05, 3.63) is 96.1 Å². The minimum Gasteiger partial charge on any atom is -0.380 e. The Bertz CT molecular complexity index is 1150. The Morgan fingerprint density at radius 3 is 1.97 bits per heavy atom. The molecule has 1 unspecified atom stereocenters. The van der Waals surface area contributed by atoms with E-state index in [4.69, 9.17) is 0 Å². The molecule has 4 rings (SSSR count). The molecule has 0 bridgehead atoms. The van der Waals surface area contributed by atoms with Crippen molar-refractivity contribution >= 4 is 22.7 Å². The summed E-state index contributed by atoms with van der Waals surface area (Å²) in [5.41, 5.74) is 1.18. The molecule has 0 spiro atoms. The zero-order chi connectivity index (χ0) is 24.0. The van der Waals surface area contributed by atoms with Crippen LogP contribution in [-0.4, -0.2) is 37.8 Å². The van der Waals surface area contributed by atoms with Crippen LogP contribution in [0.5, 0.6) is 0 Å². The van der Waals surface area contributed by atoms with Crippen molar-refractivity contribution in [2.24, 2.45) is 10.9 Å². The topological polar surface area (TPSA) is 109 Å². The van der Waals surface area contributed by atoms with Gasteiger partial charge in [0.1, 0.15) is 5.60 Å². The fourth-order valence-electron chi connectivity index (χ4n) is 4.52. The molecule has 1 fully saturated rings. The van der Waals surface area contributed by atoms with E-state index in [1.807, 2.05) is 71.8 Å². The van der Waals surface area contributed by atoms with Gasteiger partial charge in [-0.15, -0.1) is 0 Å². The Balaban J connectivity index is 1.56. The number of piperidine rings is 1. The molecule has 0 aromatic heterocycles. The van der Waals surface area contributed by atoms with Crippen LogP contribution in [0.1, 0.15) is 24.0 Å². The first-order chi connectivity index (χ1) is 16.5. The number of hydrogen-bond donors (Lipinski definition) is 3. The van der Waals surface area contributed by atoms with Crippen LogP contribution in [0.3, 0.4) is 0 Å². The number of benzene rings is 3. The molecule has 0 radical (unpaired) electrons. The molecule has 3 aromatic carbocycles. The Kier molecular flexibility index (Phi) is 7.38. The SMILES string of the molecule is N#CNC(=Nc1ccc(S(=O)O)cc1)N1CCC(C(O)(c2ccccc2)c2ccccc2)CC1. The number of likely N-dealkylation sites (tertiary alicyclic amines) is 1. The first-order valence-corrected chi connectivity index (χ1v) is 12.2. The molecule has 3 aromatic rings. The van der Waals surface area contributed by atoms with E-state index in [0.717, 1.165) is 11.1 Å². The third kappa shape index (κ3) is 5.02. The third-order valence-corrected chi connectivity index (χ3v) is 6.93. The number of nitrogens with one attached hydrogen (secondary N) is 1. The Morgan fingerprint density at radius 1 is 0.971 bits per heavy atom. The van der Waals surface area contributed by atoms with Gasteiger partial charge in [-0.3, -0.25) is 5.32 Å². The number of hydrogen-bond acceptors (Lipinski definition) is 4. The highest BCUT2D eigenvalue weighted by Gasteiger charge is 2.41. The first kappa shape index (κ1) is 23.6. The summed E-state index contributed by atoms with van der Waals surface area (Å²) in [5, 5.41) is 24.0. The van der Waals surface area contributed by atoms with Crippen LogP contribution in [0.4, 0.5) is 5.69 Å². The van der Waals surface area contributed by atoms with Crippen LogP contribution in [-0.2, 0) is 16.7 Å². The van der Waals surface area contributed by atoms with Gasteiger partial charge in [0.05, 0.1) is 10.6 Å². The first-order valence-electron chi connectivity index (χ1n) is 11.1. The standard InChI is InChI=1S/C26H26N4O3S/c27-19-28-25(29-23-11-13-24(14-12-23)34(32)33)30-17-15-22(16-18-30)26(31,20-7-3-1-4-8-20)21-9-5-2-6-10-21/h1-14,22,31H,15-18H2,(H,28,29)(H,32,33). The van der Waals surface area contributed by atoms with Gasteiger partial charge in [-0.2, -0.15) is 5.26 Å². The molecule has 8 heteroatoms. The maximum absolute atomic E-state index is 12.1. The van der Waals surface area contributed by atoms with Crippen LogP contribution in [0.25, 0.3) is 0 Å².